The van der Waals surface area contributed by atoms with Crippen LogP contribution in [0.2, 0.25) is 0 Å². The molecule has 3 N–H and O–H groups in total. The molecule has 1 saturated heterocycles. The van der Waals surface area contributed by atoms with E-state index in [0.717, 1.165) is 0 Å². The lowest BCUT2D eigenvalue weighted by atomic mass is 10.2. The fraction of sp³-hybridized carbons (Fsp3) is 0.375. The largest absolute Gasteiger partial charge is 0.379 e. The average molecular weight is 444 g/mol. The molecule has 1 aliphatic heterocycles. The molecule has 29 heavy (non-hydrogen) atoms. The second-order valence-electron chi connectivity index (χ2n) is 6.35. The second kappa shape index (κ2) is 8.20. The summed E-state index contributed by atoms with van der Waals surface area (Å²) in [5.41, 5.74) is -1.42. The molecule has 1 aromatic heterocycles. The third kappa shape index (κ3) is 4.64. The molecule has 2 heterocycles. The molecule has 0 saturated carbocycles. The highest BCUT2D eigenvalue weighted by atomic mass is 32.2. The summed E-state index contributed by atoms with van der Waals surface area (Å²) >= 11 is 0. The number of rotatable bonds is 6. The summed E-state index contributed by atoms with van der Waals surface area (Å²) in [7, 11) is -7.84. The average Bonchev–Trinajstić information content (AvgIpc) is 2.66. The highest BCUT2D eigenvalue weighted by molar-refractivity contribution is 7.89. The molecule has 1 aromatic carbocycles. The molecule has 158 valence electrons. The summed E-state index contributed by atoms with van der Waals surface area (Å²) in [5, 5.41) is 0. The summed E-state index contributed by atoms with van der Waals surface area (Å²) in [5.74, 6) is 0. The van der Waals surface area contributed by atoms with Crippen LogP contribution in [0.1, 0.15) is 11.3 Å². The molecule has 0 radical (unpaired) electrons. The van der Waals surface area contributed by atoms with E-state index in [1.165, 1.54) is 35.5 Å². The molecule has 3 rings (SSSR count). The van der Waals surface area contributed by atoms with Crippen molar-refractivity contribution in [2.24, 2.45) is 0 Å². The van der Waals surface area contributed by atoms with Crippen LogP contribution in [0, 0.1) is 6.92 Å². The highest BCUT2D eigenvalue weighted by Crippen LogP contribution is 2.18. The van der Waals surface area contributed by atoms with Gasteiger partial charge in [-0.1, -0.05) is 12.1 Å². The van der Waals surface area contributed by atoms with Crippen molar-refractivity contribution in [1.82, 2.24) is 19.0 Å². The molecule has 1 aliphatic rings. The van der Waals surface area contributed by atoms with Crippen LogP contribution in [0.3, 0.4) is 0 Å². The third-order valence-electron chi connectivity index (χ3n) is 4.34. The fourth-order valence-electron chi connectivity index (χ4n) is 2.88. The number of nitrogens with one attached hydrogen (secondary N) is 3. The van der Waals surface area contributed by atoms with Crippen LogP contribution in [0.5, 0.6) is 0 Å². The van der Waals surface area contributed by atoms with E-state index in [-0.39, 0.29) is 30.2 Å². The number of benzene rings is 1. The van der Waals surface area contributed by atoms with E-state index in [2.05, 4.69) is 9.71 Å². The van der Waals surface area contributed by atoms with Gasteiger partial charge in [0, 0.05) is 25.3 Å². The number of hydrogen-bond donors (Lipinski definition) is 3. The van der Waals surface area contributed by atoms with Gasteiger partial charge in [-0.05, 0) is 24.6 Å². The van der Waals surface area contributed by atoms with Gasteiger partial charge in [-0.3, -0.25) is 9.78 Å². The molecule has 1 fully saturated rings. The molecular formula is C16H20N4O7S2. The molecular weight excluding hydrogens is 424 g/mol. The molecule has 0 aliphatic carbocycles. The van der Waals surface area contributed by atoms with Crippen molar-refractivity contribution in [1.29, 1.82) is 0 Å². The Bertz CT molecular complexity index is 1210. The predicted molar refractivity (Wildman–Crippen MR) is 102 cm³/mol. The molecule has 2 aromatic rings. The summed E-state index contributed by atoms with van der Waals surface area (Å²) in [4.78, 5) is 26.7. The fourth-order valence-corrected chi connectivity index (χ4v) is 5.54. The van der Waals surface area contributed by atoms with Gasteiger partial charge < -0.3 is 9.72 Å². The molecule has 0 amide bonds. The minimum absolute atomic E-state index is 0.0850. The Hall–Kier alpha value is -2.32. The SMILES string of the molecule is Cc1[nH]c(=O)[nH]c(=O)c1S(=O)(=O)NCc1ccc(S(=O)(=O)N2CCOCC2)cc1. The monoisotopic (exact) mass is 444 g/mol. The van der Waals surface area contributed by atoms with E-state index in [4.69, 9.17) is 4.74 Å². The van der Waals surface area contributed by atoms with Crippen molar-refractivity contribution >= 4 is 20.0 Å². The van der Waals surface area contributed by atoms with E-state index in [1.807, 2.05) is 4.98 Å². The van der Waals surface area contributed by atoms with Gasteiger partial charge in [0.25, 0.3) is 5.56 Å². The lowest BCUT2D eigenvalue weighted by Gasteiger charge is -2.26. The first-order valence-corrected chi connectivity index (χ1v) is 11.5. The maximum atomic E-state index is 12.6. The number of hydrogen-bond acceptors (Lipinski definition) is 7. The highest BCUT2D eigenvalue weighted by Gasteiger charge is 2.26. The standard InChI is InChI=1S/C16H20N4O7S2/c1-11-14(15(21)19-16(22)18-11)28(23,24)17-10-12-2-4-13(5-3-12)29(25,26)20-6-8-27-9-7-20/h2-5,17H,6-10H2,1H3,(H2,18,19,21,22). The van der Waals surface area contributed by atoms with Crippen molar-refractivity contribution in [3.8, 4) is 0 Å². The van der Waals surface area contributed by atoms with E-state index < -0.39 is 36.2 Å². The van der Waals surface area contributed by atoms with Crippen molar-refractivity contribution in [3.05, 3.63) is 56.4 Å². The lowest BCUT2D eigenvalue weighted by Crippen LogP contribution is -2.40. The zero-order chi connectivity index (χ0) is 21.2. The van der Waals surface area contributed by atoms with Gasteiger partial charge in [0.1, 0.15) is 0 Å². The summed E-state index contributed by atoms with van der Waals surface area (Å²) in [6.07, 6.45) is 0. The number of aromatic nitrogens is 2. The van der Waals surface area contributed by atoms with Crippen molar-refractivity contribution < 1.29 is 21.6 Å². The number of aryl methyl sites for hydroxylation is 1. The Morgan fingerprint density at radius 1 is 1.03 bits per heavy atom. The second-order valence-corrected chi connectivity index (χ2v) is 9.99. The van der Waals surface area contributed by atoms with Gasteiger partial charge in [0.15, 0.2) is 4.90 Å². The van der Waals surface area contributed by atoms with E-state index in [9.17, 15) is 26.4 Å². The van der Waals surface area contributed by atoms with Crippen LogP contribution in [0.4, 0.5) is 0 Å². The van der Waals surface area contributed by atoms with E-state index in [1.54, 1.807) is 0 Å². The molecule has 0 bridgehead atoms. The van der Waals surface area contributed by atoms with Gasteiger partial charge in [0.05, 0.1) is 18.1 Å². The van der Waals surface area contributed by atoms with Crippen LogP contribution in [0.25, 0.3) is 0 Å². The Balaban J connectivity index is 1.75. The molecule has 0 unspecified atom stereocenters. The van der Waals surface area contributed by atoms with Crippen LogP contribution in [-0.2, 0) is 31.3 Å². The number of aromatic amines is 2. The van der Waals surface area contributed by atoms with Gasteiger partial charge >= 0.3 is 5.69 Å². The van der Waals surface area contributed by atoms with Crippen LogP contribution in [-0.4, -0.2) is 57.4 Å². The Labute approximate surface area is 166 Å². The minimum Gasteiger partial charge on any atom is -0.379 e. The van der Waals surface area contributed by atoms with Crippen molar-refractivity contribution in [2.75, 3.05) is 26.3 Å². The van der Waals surface area contributed by atoms with Crippen LogP contribution in [0.15, 0.2) is 43.6 Å². The summed E-state index contributed by atoms with van der Waals surface area (Å²) in [6, 6.07) is 5.76. The third-order valence-corrected chi connectivity index (χ3v) is 7.81. The minimum atomic E-state index is -4.20. The maximum absolute atomic E-state index is 12.6. The number of ether oxygens (including phenoxy) is 1. The predicted octanol–water partition coefficient (Wildman–Crippen LogP) is -1.13. The number of sulfonamides is 2. The van der Waals surface area contributed by atoms with E-state index in [0.29, 0.717) is 18.8 Å². The topological polar surface area (TPSA) is 158 Å². The Morgan fingerprint density at radius 3 is 2.24 bits per heavy atom. The van der Waals surface area contributed by atoms with Gasteiger partial charge in [-0.15, -0.1) is 0 Å². The zero-order valence-corrected chi connectivity index (χ0v) is 17.1. The molecule has 0 atom stereocenters. The van der Waals surface area contributed by atoms with Gasteiger partial charge in [-0.2, -0.15) is 4.31 Å². The summed E-state index contributed by atoms with van der Waals surface area (Å²) in [6.45, 7) is 2.35. The summed E-state index contributed by atoms with van der Waals surface area (Å²) < 4.78 is 58.8. The smallest absolute Gasteiger partial charge is 0.325 e. The lowest BCUT2D eigenvalue weighted by molar-refractivity contribution is 0.0730. The molecule has 0 spiro atoms. The number of nitrogens with zero attached hydrogens (tertiary/aromatic N) is 1. The van der Waals surface area contributed by atoms with Gasteiger partial charge in [-0.25, -0.2) is 26.4 Å². The molecule has 11 nitrogen and oxygen atoms in total. The quantitative estimate of drug-likeness (QED) is 0.508. The Morgan fingerprint density at radius 2 is 1.66 bits per heavy atom. The Kier molecular flexibility index (Phi) is 6.05. The molecule has 13 heteroatoms. The first kappa shape index (κ1) is 21.4. The zero-order valence-electron chi connectivity index (χ0n) is 15.5. The first-order valence-electron chi connectivity index (χ1n) is 8.61. The van der Waals surface area contributed by atoms with Crippen LogP contribution < -0.4 is 16.0 Å². The normalized spacial score (nSPS) is 16.0. The number of morpholine rings is 1. The maximum Gasteiger partial charge on any atom is 0.325 e. The first-order chi connectivity index (χ1) is 13.6. The van der Waals surface area contributed by atoms with Crippen LogP contribution >= 0.6 is 0 Å². The van der Waals surface area contributed by atoms with E-state index >= 15 is 0 Å². The van der Waals surface area contributed by atoms with Gasteiger partial charge in [0.2, 0.25) is 20.0 Å². The van der Waals surface area contributed by atoms with Crippen molar-refractivity contribution in [3.63, 3.8) is 0 Å². The van der Waals surface area contributed by atoms with Crippen molar-refractivity contribution in [2.45, 2.75) is 23.3 Å². The number of H-pyrrole nitrogens is 2.